The largest absolute Gasteiger partial charge is 0.495 e. The van der Waals surface area contributed by atoms with Gasteiger partial charge < -0.3 is 15.4 Å². The Morgan fingerprint density at radius 3 is 2.52 bits per heavy atom. The van der Waals surface area contributed by atoms with E-state index in [9.17, 15) is 4.79 Å². The van der Waals surface area contributed by atoms with Crippen LogP contribution >= 0.6 is 12.2 Å². The minimum atomic E-state index is -0.466. The highest BCUT2D eigenvalue weighted by molar-refractivity contribution is 7.80. The zero-order chi connectivity index (χ0) is 19.4. The second kappa shape index (κ2) is 7.99. The minimum absolute atomic E-state index is 0.284. The molecule has 6 heteroatoms. The molecule has 0 aromatic heterocycles. The predicted molar refractivity (Wildman–Crippen MR) is 110 cm³/mol. The van der Waals surface area contributed by atoms with E-state index in [-0.39, 0.29) is 5.91 Å². The lowest BCUT2D eigenvalue weighted by atomic mass is 9.81. The Hall–Kier alpha value is -3.21. The molecule has 3 rings (SSSR count). The molecular formula is C21H19N3O2S. The van der Waals surface area contributed by atoms with Crippen LogP contribution in [0.1, 0.15) is 18.4 Å². The van der Waals surface area contributed by atoms with Crippen LogP contribution in [0.3, 0.4) is 0 Å². The van der Waals surface area contributed by atoms with Gasteiger partial charge in [0.25, 0.3) is 5.91 Å². The number of hydrogen-bond donors (Lipinski definition) is 3. The summed E-state index contributed by atoms with van der Waals surface area (Å²) in [5.74, 6) is 2.24. The van der Waals surface area contributed by atoms with Crippen molar-refractivity contribution in [3.05, 3.63) is 77.0 Å². The van der Waals surface area contributed by atoms with Gasteiger partial charge in [-0.05, 0) is 30.5 Å². The molecule has 1 amide bonds. The number of ether oxygens (including phenoxy) is 1. The molecule has 136 valence electrons. The van der Waals surface area contributed by atoms with Crippen LogP contribution in [-0.2, 0) is 4.79 Å². The Labute approximate surface area is 163 Å². The first-order chi connectivity index (χ1) is 13.1. The number of allylic oxidation sites excluding steroid dienone is 1. The van der Waals surface area contributed by atoms with Gasteiger partial charge in [0.1, 0.15) is 10.7 Å². The van der Waals surface area contributed by atoms with E-state index in [4.69, 9.17) is 22.4 Å². The van der Waals surface area contributed by atoms with E-state index in [1.54, 1.807) is 26.2 Å². The third-order valence-electron chi connectivity index (χ3n) is 4.39. The molecule has 0 aliphatic carbocycles. The number of amides is 1. The SMILES string of the molecule is COc1ccccc1NC(=O)C1=C(C)NC(=S)C(=C=N)[C@H]1c1ccccc1. The van der Waals surface area contributed by atoms with Gasteiger partial charge in [-0.1, -0.05) is 54.7 Å². The third kappa shape index (κ3) is 3.67. The summed E-state index contributed by atoms with van der Waals surface area (Å²) in [5.41, 5.74) is 3.06. The second-order valence-corrected chi connectivity index (χ2v) is 6.44. The number of nitrogens with one attached hydrogen (secondary N) is 3. The molecule has 0 saturated heterocycles. The standard InChI is InChI=1S/C21H19N3O2S/c1-13-18(20(25)24-16-10-6-7-11-17(16)26-2)19(14-8-4-3-5-9-14)15(12-22)21(27)23-13/h3-11,19,22H,1-2H3,(H,23,27)(H,24,25)/t19-/m1/s1. The summed E-state index contributed by atoms with van der Waals surface area (Å²) in [6.45, 7) is 1.81. The number of para-hydroxylation sites is 2. The number of benzene rings is 2. The van der Waals surface area contributed by atoms with Crippen LogP contribution in [0.4, 0.5) is 5.69 Å². The molecule has 0 bridgehead atoms. The number of methoxy groups -OCH3 is 1. The molecule has 27 heavy (non-hydrogen) atoms. The van der Waals surface area contributed by atoms with Crippen molar-refractivity contribution in [2.45, 2.75) is 12.8 Å². The maximum atomic E-state index is 13.2. The molecule has 0 saturated carbocycles. The summed E-state index contributed by atoms with van der Waals surface area (Å²) >= 11 is 5.37. The van der Waals surface area contributed by atoms with Crippen molar-refractivity contribution >= 4 is 34.7 Å². The number of carbonyl (C=O) groups is 1. The lowest BCUT2D eigenvalue weighted by Crippen LogP contribution is -2.36. The van der Waals surface area contributed by atoms with Gasteiger partial charge >= 0.3 is 0 Å². The van der Waals surface area contributed by atoms with Crippen molar-refractivity contribution in [2.75, 3.05) is 12.4 Å². The van der Waals surface area contributed by atoms with Gasteiger partial charge in [-0.25, -0.2) is 0 Å². The highest BCUT2D eigenvalue weighted by Gasteiger charge is 2.34. The smallest absolute Gasteiger partial charge is 0.254 e. The molecule has 5 nitrogen and oxygen atoms in total. The van der Waals surface area contributed by atoms with Crippen molar-refractivity contribution in [1.82, 2.24) is 5.32 Å². The third-order valence-corrected chi connectivity index (χ3v) is 4.72. The fourth-order valence-corrected chi connectivity index (χ4v) is 3.47. The fourth-order valence-electron chi connectivity index (χ4n) is 3.14. The van der Waals surface area contributed by atoms with Crippen LogP contribution in [0.15, 0.2) is 71.4 Å². The number of carbonyl (C=O) groups excluding carboxylic acids is 1. The summed E-state index contributed by atoms with van der Waals surface area (Å²) in [4.78, 5) is 13.6. The molecule has 1 aliphatic heterocycles. The maximum absolute atomic E-state index is 13.2. The van der Waals surface area contributed by atoms with E-state index >= 15 is 0 Å². The number of anilines is 1. The van der Waals surface area contributed by atoms with Gasteiger partial charge in [-0.3, -0.25) is 10.2 Å². The Kier molecular flexibility index (Phi) is 5.50. The van der Waals surface area contributed by atoms with Gasteiger partial charge in [-0.2, -0.15) is 0 Å². The average molecular weight is 377 g/mol. The van der Waals surface area contributed by atoms with Gasteiger partial charge in [0.2, 0.25) is 0 Å². The van der Waals surface area contributed by atoms with E-state index < -0.39 is 5.92 Å². The zero-order valence-corrected chi connectivity index (χ0v) is 15.8. The molecule has 0 radical (unpaired) electrons. The summed E-state index contributed by atoms with van der Waals surface area (Å²) in [7, 11) is 1.55. The van der Waals surface area contributed by atoms with Gasteiger partial charge in [0, 0.05) is 11.3 Å². The lowest BCUT2D eigenvalue weighted by molar-refractivity contribution is -0.113. The summed E-state index contributed by atoms with van der Waals surface area (Å²) < 4.78 is 5.32. The summed E-state index contributed by atoms with van der Waals surface area (Å²) in [6, 6.07) is 16.7. The molecule has 1 heterocycles. The van der Waals surface area contributed by atoms with Gasteiger partial charge in [0.05, 0.1) is 24.3 Å². The average Bonchev–Trinajstić information content (AvgIpc) is 2.68. The van der Waals surface area contributed by atoms with Crippen LogP contribution in [0.25, 0.3) is 0 Å². The normalized spacial score (nSPS) is 16.4. The molecule has 1 aliphatic rings. The van der Waals surface area contributed by atoms with E-state index in [1.165, 1.54) is 0 Å². The van der Waals surface area contributed by atoms with Crippen molar-refractivity contribution in [3.8, 4) is 5.75 Å². The van der Waals surface area contributed by atoms with E-state index in [2.05, 4.69) is 16.5 Å². The molecule has 2 aromatic rings. The van der Waals surface area contributed by atoms with Crippen LogP contribution < -0.4 is 15.4 Å². The fraction of sp³-hybridized carbons (Fsp3) is 0.143. The Morgan fingerprint density at radius 1 is 1.19 bits per heavy atom. The monoisotopic (exact) mass is 377 g/mol. The summed E-state index contributed by atoms with van der Waals surface area (Å²) in [5, 5.41) is 13.6. The number of hydrogen-bond acceptors (Lipinski definition) is 4. The van der Waals surface area contributed by atoms with Gasteiger partial charge in [0.15, 0.2) is 0 Å². The van der Waals surface area contributed by atoms with Crippen molar-refractivity contribution in [2.24, 2.45) is 0 Å². The first-order valence-electron chi connectivity index (χ1n) is 8.37. The van der Waals surface area contributed by atoms with Crippen LogP contribution in [0.5, 0.6) is 5.75 Å². The van der Waals surface area contributed by atoms with E-state index in [0.29, 0.717) is 33.3 Å². The van der Waals surface area contributed by atoms with Gasteiger partial charge in [-0.15, -0.1) is 0 Å². The Balaban J connectivity index is 2.07. The number of thiocarbonyl (C=S) groups is 1. The van der Waals surface area contributed by atoms with Crippen LogP contribution in [0.2, 0.25) is 0 Å². The highest BCUT2D eigenvalue weighted by Crippen LogP contribution is 2.37. The molecule has 2 aromatic carbocycles. The quantitative estimate of drug-likeness (QED) is 0.430. The zero-order valence-electron chi connectivity index (χ0n) is 15.0. The molecular weight excluding hydrogens is 358 g/mol. The minimum Gasteiger partial charge on any atom is -0.495 e. The molecule has 0 fully saturated rings. The summed E-state index contributed by atoms with van der Waals surface area (Å²) in [6.07, 6.45) is 0. The van der Waals surface area contributed by atoms with Crippen LogP contribution in [-0.4, -0.2) is 23.9 Å². The maximum Gasteiger partial charge on any atom is 0.254 e. The number of rotatable bonds is 4. The first kappa shape index (κ1) is 18.6. The first-order valence-corrected chi connectivity index (χ1v) is 8.78. The van der Waals surface area contributed by atoms with Crippen molar-refractivity contribution in [1.29, 1.82) is 5.41 Å². The van der Waals surface area contributed by atoms with E-state index in [0.717, 1.165) is 5.56 Å². The Bertz CT molecular complexity index is 976. The highest BCUT2D eigenvalue weighted by atomic mass is 32.1. The van der Waals surface area contributed by atoms with Crippen molar-refractivity contribution < 1.29 is 9.53 Å². The second-order valence-electron chi connectivity index (χ2n) is 6.03. The van der Waals surface area contributed by atoms with Crippen LogP contribution in [0, 0.1) is 5.41 Å². The predicted octanol–water partition coefficient (Wildman–Crippen LogP) is 3.80. The Morgan fingerprint density at radius 2 is 1.85 bits per heavy atom. The van der Waals surface area contributed by atoms with Crippen molar-refractivity contribution in [3.63, 3.8) is 0 Å². The topological polar surface area (TPSA) is 74.2 Å². The molecule has 0 spiro atoms. The lowest BCUT2D eigenvalue weighted by Gasteiger charge is -2.30. The molecule has 1 atom stereocenters. The molecule has 3 N–H and O–H groups in total. The van der Waals surface area contributed by atoms with E-state index in [1.807, 2.05) is 42.5 Å². The molecule has 0 unspecified atom stereocenters.